The van der Waals surface area contributed by atoms with E-state index in [2.05, 4.69) is 39.9 Å². The number of aromatic amines is 2. The number of rotatable bonds is 0. The second kappa shape index (κ2) is 8.08. The van der Waals surface area contributed by atoms with Crippen LogP contribution in [-0.4, -0.2) is 39.9 Å². The first kappa shape index (κ1) is 15.2. The van der Waals surface area contributed by atoms with E-state index in [1.807, 2.05) is 12.1 Å². The average molecular weight is 318 g/mol. The first-order valence-corrected chi connectivity index (χ1v) is 7.10. The number of hydrogen-bond donors (Lipinski definition) is 2. The number of fused-ring (bicyclic) bond motifs is 3. The molecule has 0 radical (unpaired) electrons. The van der Waals surface area contributed by atoms with Crippen molar-refractivity contribution < 1.29 is 0 Å². The summed E-state index contributed by atoms with van der Waals surface area (Å²) in [6.07, 6.45) is 16.7. The second-order valence-electron chi connectivity index (χ2n) is 4.45. The maximum absolute atomic E-state index is 4.25. The monoisotopic (exact) mass is 318 g/mol. The molecular formula is C16H14N8. The summed E-state index contributed by atoms with van der Waals surface area (Å²) in [4.78, 5) is 29.5. The van der Waals surface area contributed by atoms with E-state index in [0.29, 0.717) is 0 Å². The van der Waals surface area contributed by atoms with Crippen LogP contribution in [0.2, 0.25) is 0 Å². The molecule has 0 aliphatic heterocycles. The minimum absolute atomic E-state index is 0.856. The first-order chi connectivity index (χ1) is 11.9. The van der Waals surface area contributed by atoms with Crippen LogP contribution in [0, 0.1) is 0 Å². The second-order valence-corrected chi connectivity index (χ2v) is 4.45. The van der Waals surface area contributed by atoms with Gasteiger partial charge in [-0.05, 0) is 12.1 Å². The Bertz CT molecular complexity index is 919. The Morgan fingerprint density at radius 1 is 0.667 bits per heavy atom. The lowest BCUT2D eigenvalue weighted by Gasteiger charge is -1.95. The maximum Gasteiger partial charge on any atom is 0.118 e. The van der Waals surface area contributed by atoms with Crippen LogP contribution in [0.3, 0.4) is 0 Å². The van der Waals surface area contributed by atoms with E-state index in [1.165, 1.54) is 0 Å². The molecule has 0 unspecified atom stereocenters. The van der Waals surface area contributed by atoms with Crippen molar-refractivity contribution in [2.75, 3.05) is 0 Å². The molecule has 0 atom stereocenters. The molecule has 4 heterocycles. The van der Waals surface area contributed by atoms with Gasteiger partial charge in [-0.2, -0.15) is 0 Å². The van der Waals surface area contributed by atoms with Gasteiger partial charge in [0.05, 0.1) is 17.4 Å². The molecule has 0 amide bonds. The van der Waals surface area contributed by atoms with Gasteiger partial charge in [0.25, 0.3) is 0 Å². The predicted octanol–water partition coefficient (Wildman–Crippen LogP) is 2.39. The van der Waals surface area contributed by atoms with E-state index in [1.54, 1.807) is 62.2 Å². The van der Waals surface area contributed by atoms with Gasteiger partial charge in [-0.15, -0.1) is 0 Å². The molecule has 8 heteroatoms. The molecule has 5 rings (SSSR count). The SMILES string of the molecule is c1c[nH]cn1.c1cnccn1.c1nc2ccc3[nH]ccnc3c2n1. The summed E-state index contributed by atoms with van der Waals surface area (Å²) in [5.74, 6) is 0. The number of nitrogens with zero attached hydrogens (tertiary/aromatic N) is 6. The number of benzene rings is 1. The number of nitrogens with one attached hydrogen (secondary N) is 2. The lowest BCUT2D eigenvalue weighted by atomic mass is 10.2. The van der Waals surface area contributed by atoms with Gasteiger partial charge < -0.3 is 9.97 Å². The van der Waals surface area contributed by atoms with E-state index in [0.717, 1.165) is 22.1 Å². The van der Waals surface area contributed by atoms with Gasteiger partial charge in [-0.25, -0.2) is 15.0 Å². The summed E-state index contributed by atoms with van der Waals surface area (Å²) in [5.41, 5.74) is 3.60. The Kier molecular flexibility index (Phi) is 5.13. The van der Waals surface area contributed by atoms with Gasteiger partial charge in [0, 0.05) is 49.6 Å². The van der Waals surface area contributed by atoms with Gasteiger partial charge in [-0.3, -0.25) is 15.0 Å². The number of imidazole rings is 2. The molecule has 0 saturated carbocycles. The van der Waals surface area contributed by atoms with Crippen molar-refractivity contribution in [2.45, 2.75) is 0 Å². The molecule has 0 fully saturated rings. The van der Waals surface area contributed by atoms with E-state index in [9.17, 15) is 0 Å². The molecule has 4 aromatic heterocycles. The molecule has 1 aromatic carbocycles. The van der Waals surface area contributed by atoms with Crippen molar-refractivity contribution >= 4 is 22.1 Å². The number of H-pyrrole nitrogens is 2. The van der Waals surface area contributed by atoms with Crippen LogP contribution >= 0.6 is 0 Å². The highest BCUT2D eigenvalue weighted by Gasteiger charge is 2.02. The third-order valence-electron chi connectivity index (χ3n) is 2.91. The highest BCUT2D eigenvalue weighted by molar-refractivity contribution is 5.99. The fourth-order valence-corrected chi connectivity index (χ4v) is 1.90. The maximum atomic E-state index is 4.25. The van der Waals surface area contributed by atoms with Crippen molar-refractivity contribution in [3.8, 4) is 0 Å². The van der Waals surface area contributed by atoms with Crippen LogP contribution < -0.4 is 0 Å². The molecule has 8 nitrogen and oxygen atoms in total. The molecule has 2 N–H and O–H groups in total. The average Bonchev–Trinajstić information content (AvgIpc) is 3.38. The van der Waals surface area contributed by atoms with E-state index < -0.39 is 0 Å². The van der Waals surface area contributed by atoms with Crippen molar-refractivity contribution in [1.29, 1.82) is 0 Å². The third-order valence-corrected chi connectivity index (χ3v) is 2.91. The molecule has 118 valence electrons. The normalized spacial score (nSPS) is 9.67. The minimum Gasteiger partial charge on any atom is -0.358 e. The minimum atomic E-state index is 0.856. The summed E-state index contributed by atoms with van der Waals surface area (Å²) in [6, 6.07) is 3.89. The molecule has 0 aliphatic rings. The smallest absolute Gasteiger partial charge is 0.118 e. The largest absolute Gasteiger partial charge is 0.358 e. The Morgan fingerprint density at radius 2 is 1.50 bits per heavy atom. The Balaban J connectivity index is 0.000000127. The van der Waals surface area contributed by atoms with Crippen molar-refractivity contribution in [2.24, 2.45) is 0 Å². The summed E-state index contributed by atoms with van der Waals surface area (Å²) in [5, 5.41) is 0. The van der Waals surface area contributed by atoms with Crippen molar-refractivity contribution in [3.63, 3.8) is 0 Å². The van der Waals surface area contributed by atoms with Gasteiger partial charge in [0.2, 0.25) is 0 Å². The third kappa shape index (κ3) is 3.95. The summed E-state index contributed by atoms with van der Waals surface area (Å²) < 4.78 is 0. The zero-order chi connectivity index (χ0) is 16.5. The summed E-state index contributed by atoms with van der Waals surface area (Å²) in [7, 11) is 0. The molecular weight excluding hydrogens is 304 g/mol. The summed E-state index contributed by atoms with van der Waals surface area (Å²) >= 11 is 0. The number of aromatic nitrogens is 8. The molecule has 0 spiro atoms. The van der Waals surface area contributed by atoms with Crippen LogP contribution in [0.25, 0.3) is 22.1 Å². The highest BCUT2D eigenvalue weighted by atomic mass is 14.9. The fraction of sp³-hybridized carbons (Fsp3) is 0. The van der Waals surface area contributed by atoms with Crippen molar-refractivity contribution in [1.82, 2.24) is 39.9 Å². The Hall–Kier alpha value is -3.68. The van der Waals surface area contributed by atoms with Crippen LogP contribution in [0.4, 0.5) is 0 Å². The zero-order valence-electron chi connectivity index (χ0n) is 12.6. The lowest BCUT2D eigenvalue weighted by Crippen LogP contribution is -1.82. The van der Waals surface area contributed by atoms with Crippen LogP contribution in [0.1, 0.15) is 0 Å². The molecule has 24 heavy (non-hydrogen) atoms. The van der Waals surface area contributed by atoms with Gasteiger partial charge in [0.15, 0.2) is 0 Å². The van der Waals surface area contributed by atoms with E-state index in [4.69, 9.17) is 0 Å². The van der Waals surface area contributed by atoms with E-state index in [-0.39, 0.29) is 0 Å². The van der Waals surface area contributed by atoms with Gasteiger partial charge >= 0.3 is 0 Å². The molecule has 0 saturated heterocycles. The number of hydrogen-bond acceptors (Lipinski definition) is 6. The molecule has 5 aromatic rings. The zero-order valence-corrected chi connectivity index (χ0v) is 12.6. The van der Waals surface area contributed by atoms with Crippen LogP contribution in [-0.2, 0) is 0 Å². The van der Waals surface area contributed by atoms with Crippen molar-refractivity contribution in [3.05, 3.63) is 74.4 Å². The quantitative estimate of drug-likeness (QED) is 0.454. The lowest BCUT2D eigenvalue weighted by molar-refractivity contribution is 1.20. The van der Waals surface area contributed by atoms with Gasteiger partial charge in [-0.1, -0.05) is 0 Å². The first-order valence-electron chi connectivity index (χ1n) is 7.10. The topological polar surface area (TPSA) is 109 Å². The fourth-order valence-electron chi connectivity index (χ4n) is 1.90. The molecule has 0 bridgehead atoms. The Labute approximate surface area is 137 Å². The van der Waals surface area contributed by atoms with Crippen LogP contribution in [0.5, 0.6) is 0 Å². The summed E-state index contributed by atoms with van der Waals surface area (Å²) in [6.45, 7) is 0. The predicted molar refractivity (Wildman–Crippen MR) is 89.8 cm³/mol. The van der Waals surface area contributed by atoms with Crippen LogP contribution in [0.15, 0.2) is 74.4 Å². The molecule has 0 aliphatic carbocycles. The highest BCUT2D eigenvalue weighted by Crippen LogP contribution is 2.17. The van der Waals surface area contributed by atoms with Gasteiger partial charge in [0.1, 0.15) is 17.4 Å². The standard InChI is InChI=1S/C9H6N4.C4H4N2.C3H4N2/c1-2-7-9(13-5-12-7)8-6(1)10-3-4-11-8;1-2-6-4-3-5-1;1-2-5-3-4-1/h1-5,10H;1-4H;1-3H,(H,4,5). The Morgan fingerprint density at radius 3 is 2.12 bits per heavy atom. The van der Waals surface area contributed by atoms with E-state index >= 15 is 0 Å².